The van der Waals surface area contributed by atoms with Crippen molar-refractivity contribution in [2.24, 2.45) is 10.8 Å². The van der Waals surface area contributed by atoms with Crippen LogP contribution in [-0.2, 0) is 0 Å². The molecule has 0 aliphatic rings. The first-order valence-electron chi connectivity index (χ1n) is 4.92. The molecule has 0 saturated carbocycles. The van der Waals surface area contributed by atoms with E-state index in [0.717, 1.165) is 0 Å². The molecule has 8 heteroatoms. The van der Waals surface area contributed by atoms with Gasteiger partial charge in [-0.3, -0.25) is 10.4 Å². The Morgan fingerprint density at radius 3 is 2.83 bits per heavy atom. The number of pyridine rings is 1. The quantitative estimate of drug-likeness (QED) is 0.465. The van der Waals surface area contributed by atoms with Crippen molar-refractivity contribution in [2.45, 2.75) is 0 Å². The summed E-state index contributed by atoms with van der Waals surface area (Å²) in [5.41, 5.74) is 8.16. The lowest BCUT2D eigenvalue weighted by molar-refractivity contribution is 0.171. The molecule has 0 atom stereocenters. The largest absolute Gasteiger partial charge is 0.414 e. The first-order valence-corrected chi connectivity index (χ1v) is 5.33. The second-order valence-corrected chi connectivity index (χ2v) is 3.86. The normalized spacial score (nSPS) is 10.1. The lowest BCUT2D eigenvalue weighted by Gasteiger charge is -2.09. The van der Waals surface area contributed by atoms with Crippen molar-refractivity contribution in [1.82, 2.24) is 15.3 Å². The summed E-state index contributed by atoms with van der Waals surface area (Å²) in [4.78, 5) is 16.6. The lowest BCUT2D eigenvalue weighted by atomic mass is 10.3. The molecule has 0 saturated heterocycles. The van der Waals surface area contributed by atoms with Crippen molar-refractivity contribution in [3.8, 4) is 5.75 Å². The first kappa shape index (κ1) is 13.8. The van der Waals surface area contributed by atoms with E-state index in [9.17, 15) is 4.79 Å². The number of rotatable bonds is 3. The number of hydrogen-bond acceptors (Lipinski definition) is 5. The molecule has 18 heavy (non-hydrogen) atoms. The van der Waals surface area contributed by atoms with Crippen LogP contribution in [0.25, 0.3) is 0 Å². The van der Waals surface area contributed by atoms with Crippen LogP contribution in [0.4, 0.5) is 4.79 Å². The van der Waals surface area contributed by atoms with E-state index in [2.05, 4.69) is 27.7 Å². The van der Waals surface area contributed by atoms with Gasteiger partial charge in [-0.1, -0.05) is 0 Å². The van der Waals surface area contributed by atoms with E-state index in [1.165, 1.54) is 17.3 Å². The maximum atomic E-state index is 11.3. The molecule has 0 aliphatic carbocycles. The molecule has 1 aromatic heterocycles. The number of thiocarbonyl (C=S) groups is 1. The smallest absolute Gasteiger partial charge is 0.409 e. The molecular weight excluding hydrogens is 254 g/mol. The van der Waals surface area contributed by atoms with Gasteiger partial charge in [-0.2, -0.15) is 5.10 Å². The van der Waals surface area contributed by atoms with E-state index in [1.807, 2.05) is 0 Å². The lowest BCUT2D eigenvalue weighted by Crippen LogP contribution is -2.25. The maximum absolute atomic E-state index is 11.3. The molecule has 3 N–H and O–H groups in total. The van der Waals surface area contributed by atoms with Gasteiger partial charge in [0.25, 0.3) is 0 Å². The van der Waals surface area contributed by atoms with Crippen LogP contribution >= 0.6 is 12.2 Å². The van der Waals surface area contributed by atoms with Crippen LogP contribution in [-0.4, -0.2) is 41.4 Å². The third-order valence-corrected chi connectivity index (χ3v) is 1.79. The van der Waals surface area contributed by atoms with E-state index in [4.69, 9.17) is 10.5 Å². The number of hydrazone groups is 1. The number of aromatic nitrogens is 1. The van der Waals surface area contributed by atoms with E-state index in [-0.39, 0.29) is 5.11 Å². The Balaban J connectivity index is 2.60. The number of carbonyl (C=O) groups excluding carboxylic acids is 1. The van der Waals surface area contributed by atoms with Crippen LogP contribution in [0, 0.1) is 0 Å². The van der Waals surface area contributed by atoms with Crippen molar-refractivity contribution >= 4 is 29.6 Å². The summed E-state index contributed by atoms with van der Waals surface area (Å²) in [6, 6.07) is 3.25. The Bertz CT molecular complexity index is 458. The molecule has 96 valence electrons. The third-order valence-electron chi connectivity index (χ3n) is 1.70. The second kappa shape index (κ2) is 6.50. The molecule has 0 bridgehead atoms. The predicted molar refractivity (Wildman–Crippen MR) is 71.5 cm³/mol. The van der Waals surface area contributed by atoms with Crippen LogP contribution in [0.15, 0.2) is 23.4 Å². The van der Waals surface area contributed by atoms with Gasteiger partial charge in [-0.25, -0.2) is 4.79 Å². The van der Waals surface area contributed by atoms with Crippen molar-refractivity contribution in [1.29, 1.82) is 0 Å². The Morgan fingerprint density at radius 2 is 2.33 bits per heavy atom. The first-order chi connectivity index (χ1) is 8.49. The van der Waals surface area contributed by atoms with Gasteiger partial charge in [0.1, 0.15) is 0 Å². The Kier molecular flexibility index (Phi) is 5.00. The van der Waals surface area contributed by atoms with Crippen molar-refractivity contribution in [3.05, 3.63) is 24.0 Å². The zero-order valence-electron chi connectivity index (χ0n) is 9.95. The number of ether oxygens (including phenoxy) is 1. The maximum Gasteiger partial charge on any atom is 0.414 e. The molecule has 7 nitrogen and oxygen atoms in total. The SMILES string of the molecule is CN(C)C(=O)Oc1ccc(C=NNC(N)=S)nc1. The Morgan fingerprint density at radius 1 is 1.61 bits per heavy atom. The summed E-state index contributed by atoms with van der Waals surface area (Å²) < 4.78 is 5.00. The standard InChI is InChI=1S/C10H13N5O2S/c1-15(2)10(16)17-8-4-3-7(12-6-8)5-13-14-9(11)18/h3-6H,1-2H3,(H3,11,14,18). The number of nitrogens with zero attached hydrogens (tertiary/aromatic N) is 3. The fourth-order valence-electron chi connectivity index (χ4n) is 0.883. The van der Waals surface area contributed by atoms with Crippen molar-refractivity contribution in [3.63, 3.8) is 0 Å². The van der Waals surface area contributed by atoms with E-state index >= 15 is 0 Å². The summed E-state index contributed by atoms with van der Waals surface area (Å²) in [5.74, 6) is 0.355. The van der Waals surface area contributed by atoms with Gasteiger partial charge in [0.15, 0.2) is 10.9 Å². The fraction of sp³-hybridized carbons (Fsp3) is 0.200. The molecule has 1 rings (SSSR count). The van der Waals surface area contributed by atoms with E-state index in [0.29, 0.717) is 11.4 Å². The minimum absolute atomic E-state index is 0.0720. The van der Waals surface area contributed by atoms with Gasteiger partial charge in [0.05, 0.1) is 18.1 Å². The van der Waals surface area contributed by atoms with Gasteiger partial charge in [0, 0.05) is 14.1 Å². The van der Waals surface area contributed by atoms with Crippen LogP contribution < -0.4 is 15.9 Å². The molecule has 0 aromatic carbocycles. The molecule has 1 aromatic rings. The highest BCUT2D eigenvalue weighted by molar-refractivity contribution is 7.80. The van der Waals surface area contributed by atoms with E-state index in [1.54, 1.807) is 26.2 Å². The number of carbonyl (C=O) groups is 1. The van der Waals surface area contributed by atoms with Crippen LogP contribution in [0.5, 0.6) is 5.75 Å². The van der Waals surface area contributed by atoms with Crippen LogP contribution in [0.3, 0.4) is 0 Å². The monoisotopic (exact) mass is 267 g/mol. The Labute approximate surface area is 110 Å². The number of hydrogen-bond donors (Lipinski definition) is 2. The zero-order chi connectivity index (χ0) is 13.5. The summed E-state index contributed by atoms with van der Waals surface area (Å²) in [5, 5.41) is 3.81. The number of nitrogens with one attached hydrogen (secondary N) is 1. The summed E-state index contributed by atoms with van der Waals surface area (Å²) in [7, 11) is 3.19. The predicted octanol–water partition coefficient (Wildman–Crippen LogP) is 0.309. The minimum atomic E-state index is -0.464. The molecule has 0 fully saturated rings. The summed E-state index contributed by atoms with van der Waals surface area (Å²) >= 11 is 4.57. The van der Waals surface area contributed by atoms with Gasteiger partial charge in [-0.15, -0.1) is 0 Å². The van der Waals surface area contributed by atoms with Crippen LogP contribution in [0.1, 0.15) is 5.69 Å². The fourth-order valence-corrected chi connectivity index (χ4v) is 0.935. The molecule has 0 unspecified atom stereocenters. The van der Waals surface area contributed by atoms with Gasteiger partial charge < -0.3 is 15.4 Å². The highest BCUT2D eigenvalue weighted by atomic mass is 32.1. The zero-order valence-corrected chi connectivity index (χ0v) is 10.8. The topological polar surface area (TPSA) is 92.8 Å². The van der Waals surface area contributed by atoms with Crippen molar-refractivity contribution in [2.75, 3.05) is 14.1 Å². The van der Waals surface area contributed by atoms with Gasteiger partial charge in [0.2, 0.25) is 0 Å². The molecular formula is C10H13N5O2S. The Hall–Kier alpha value is -2.22. The molecule has 0 aliphatic heterocycles. The highest BCUT2D eigenvalue weighted by Crippen LogP contribution is 2.09. The number of amides is 1. The van der Waals surface area contributed by atoms with Crippen LogP contribution in [0.2, 0.25) is 0 Å². The van der Waals surface area contributed by atoms with Gasteiger partial charge >= 0.3 is 6.09 Å². The van der Waals surface area contributed by atoms with Crippen molar-refractivity contribution < 1.29 is 9.53 Å². The molecule has 0 spiro atoms. The number of nitrogens with two attached hydrogens (primary N) is 1. The molecule has 1 heterocycles. The minimum Gasteiger partial charge on any atom is -0.409 e. The molecule has 1 amide bonds. The summed E-state index contributed by atoms with van der Waals surface area (Å²) in [6.07, 6.45) is 2.40. The highest BCUT2D eigenvalue weighted by Gasteiger charge is 2.06. The summed E-state index contributed by atoms with van der Waals surface area (Å²) in [6.45, 7) is 0. The average molecular weight is 267 g/mol. The third kappa shape index (κ3) is 4.74. The second-order valence-electron chi connectivity index (χ2n) is 3.42. The van der Waals surface area contributed by atoms with Gasteiger partial charge in [-0.05, 0) is 24.4 Å². The van der Waals surface area contributed by atoms with E-state index < -0.39 is 6.09 Å². The average Bonchev–Trinajstić information content (AvgIpc) is 2.30. The molecule has 0 radical (unpaired) electrons.